The van der Waals surface area contributed by atoms with Gasteiger partial charge in [0.15, 0.2) is 0 Å². The molecule has 0 fully saturated rings. The molecule has 1 N–H and O–H groups in total. The summed E-state index contributed by atoms with van der Waals surface area (Å²) >= 11 is 0. The van der Waals surface area contributed by atoms with Gasteiger partial charge in [0, 0.05) is 17.8 Å². The molecule has 0 aliphatic rings. The van der Waals surface area contributed by atoms with Crippen molar-refractivity contribution >= 4 is 29.2 Å². The molecule has 1 amide bonds. The summed E-state index contributed by atoms with van der Waals surface area (Å²) in [7, 11) is 0. The van der Waals surface area contributed by atoms with Crippen LogP contribution in [0.1, 0.15) is 18.1 Å². The third-order valence-electron chi connectivity index (χ3n) is 3.54. The summed E-state index contributed by atoms with van der Waals surface area (Å²) in [4.78, 5) is 23.3. The number of carbonyl (C=O) groups excluding carboxylic acids is 2. The highest BCUT2D eigenvalue weighted by Crippen LogP contribution is 2.33. The Morgan fingerprint density at radius 2 is 1.68 bits per heavy atom. The van der Waals surface area contributed by atoms with Gasteiger partial charge in [0.05, 0.1) is 12.2 Å². The molecule has 2 aromatic rings. The highest BCUT2D eigenvalue weighted by atomic mass is 19.4. The second-order valence-electron chi connectivity index (χ2n) is 5.62. The molecule has 2 rings (SSSR count). The van der Waals surface area contributed by atoms with Crippen molar-refractivity contribution in [3.05, 3.63) is 77.9 Å². The molecular weight excluding hydrogens is 371 g/mol. The van der Waals surface area contributed by atoms with E-state index in [1.807, 2.05) is 0 Å². The van der Waals surface area contributed by atoms with Gasteiger partial charge < -0.3 is 10.1 Å². The molecule has 7 heteroatoms. The van der Waals surface area contributed by atoms with Gasteiger partial charge in [0.25, 0.3) is 0 Å². The fourth-order valence-electron chi connectivity index (χ4n) is 2.29. The lowest BCUT2D eigenvalue weighted by Crippen LogP contribution is -2.16. The molecule has 0 spiro atoms. The normalized spacial score (nSPS) is 12.1. The third-order valence-corrected chi connectivity index (χ3v) is 3.54. The fraction of sp³-hybridized carbons (Fsp3) is 0.143. The molecule has 4 nitrogen and oxygen atoms in total. The van der Waals surface area contributed by atoms with Crippen LogP contribution in [0, 0.1) is 0 Å². The molecule has 0 unspecified atom stereocenters. The van der Waals surface area contributed by atoms with Gasteiger partial charge in [0.1, 0.15) is 0 Å². The Labute approximate surface area is 160 Å². The van der Waals surface area contributed by atoms with E-state index in [9.17, 15) is 22.8 Å². The lowest BCUT2D eigenvalue weighted by Gasteiger charge is -2.12. The lowest BCUT2D eigenvalue weighted by molar-refractivity contribution is -0.137. The Bertz CT molecular complexity index is 870. The molecule has 146 valence electrons. The van der Waals surface area contributed by atoms with Crippen LogP contribution in [-0.4, -0.2) is 24.7 Å². The van der Waals surface area contributed by atoms with E-state index in [1.54, 1.807) is 25.1 Å². The van der Waals surface area contributed by atoms with Gasteiger partial charge in [-0.15, -0.1) is 0 Å². The van der Waals surface area contributed by atoms with E-state index in [-0.39, 0.29) is 12.2 Å². The number of hydrogen-bond donors (Lipinski definition) is 1. The highest BCUT2D eigenvalue weighted by molar-refractivity contribution is 6.04. The summed E-state index contributed by atoms with van der Waals surface area (Å²) in [6.07, 6.45) is -1.35. The number of carbonyl (C=O) groups is 2. The number of amides is 1. The average molecular weight is 389 g/mol. The van der Waals surface area contributed by atoms with Crippen LogP contribution in [0.15, 0.2) is 66.7 Å². The van der Waals surface area contributed by atoms with Crippen molar-refractivity contribution in [2.45, 2.75) is 13.1 Å². The molecule has 0 saturated carbocycles. The first-order chi connectivity index (χ1) is 13.3. The Morgan fingerprint density at radius 1 is 1.04 bits per heavy atom. The molecule has 0 radical (unpaired) electrons. The summed E-state index contributed by atoms with van der Waals surface area (Å²) in [5, 5.41) is 2.40. The van der Waals surface area contributed by atoms with Crippen LogP contribution in [0.4, 0.5) is 18.9 Å². The molecule has 28 heavy (non-hydrogen) atoms. The minimum absolute atomic E-state index is 0.0930. The van der Waals surface area contributed by atoms with Gasteiger partial charge in [-0.3, -0.25) is 4.79 Å². The first kappa shape index (κ1) is 21.0. The monoisotopic (exact) mass is 389 g/mol. The maximum Gasteiger partial charge on any atom is 0.417 e. The van der Waals surface area contributed by atoms with Crippen molar-refractivity contribution in [1.82, 2.24) is 0 Å². The van der Waals surface area contributed by atoms with Crippen LogP contribution in [0.3, 0.4) is 0 Å². The number of alkyl halides is 3. The molecule has 0 aliphatic heterocycles. The topological polar surface area (TPSA) is 55.4 Å². The fourth-order valence-corrected chi connectivity index (χ4v) is 2.29. The zero-order valence-corrected chi connectivity index (χ0v) is 15.0. The smallest absolute Gasteiger partial charge is 0.417 e. The Morgan fingerprint density at radius 3 is 2.25 bits per heavy atom. The van der Waals surface area contributed by atoms with Crippen LogP contribution in [0.25, 0.3) is 11.6 Å². The van der Waals surface area contributed by atoms with E-state index in [0.29, 0.717) is 17.3 Å². The van der Waals surface area contributed by atoms with Crippen molar-refractivity contribution in [2.75, 3.05) is 11.9 Å². The van der Waals surface area contributed by atoms with Crippen molar-refractivity contribution in [2.24, 2.45) is 0 Å². The van der Waals surface area contributed by atoms with E-state index in [0.717, 1.165) is 0 Å². The Hall–Kier alpha value is -3.35. The van der Waals surface area contributed by atoms with Crippen LogP contribution in [0.2, 0.25) is 0 Å². The number of allylic oxidation sites excluding steroid dienone is 1. The summed E-state index contributed by atoms with van der Waals surface area (Å²) in [6.45, 7) is 1.96. The second kappa shape index (κ2) is 9.55. The van der Waals surface area contributed by atoms with E-state index < -0.39 is 23.6 Å². The standard InChI is InChI=1S/C21H18F3NO3/c1-2-28-20(27)13-10-15-8-11-17(12-9-15)25-19(26)14-18(21(22,23)24)16-6-4-3-5-7-16/h3-14H,2H2,1H3,(H,25,26)/b13-10+,18-14-. The quantitative estimate of drug-likeness (QED) is 0.568. The molecule has 0 heterocycles. The molecule has 2 aromatic carbocycles. The summed E-state index contributed by atoms with van der Waals surface area (Å²) < 4.78 is 44.6. The first-order valence-electron chi connectivity index (χ1n) is 8.40. The van der Waals surface area contributed by atoms with Gasteiger partial charge >= 0.3 is 12.1 Å². The largest absolute Gasteiger partial charge is 0.463 e. The van der Waals surface area contributed by atoms with Crippen molar-refractivity contribution in [3.8, 4) is 0 Å². The maximum absolute atomic E-state index is 13.3. The highest BCUT2D eigenvalue weighted by Gasteiger charge is 2.35. The van der Waals surface area contributed by atoms with E-state index in [2.05, 4.69) is 5.32 Å². The van der Waals surface area contributed by atoms with Crippen LogP contribution >= 0.6 is 0 Å². The summed E-state index contributed by atoms with van der Waals surface area (Å²) in [5.41, 5.74) is -0.129. The minimum Gasteiger partial charge on any atom is -0.463 e. The third kappa shape index (κ3) is 6.42. The van der Waals surface area contributed by atoms with Crippen LogP contribution < -0.4 is 5.32 Å². The number of rotatable bonds is 6. The number of nitrogens with one attached hydrogen (secondary N) is 1. The van der Waals surface area contributed by atoms with Crippen molar-refractivity contribution in [1.29, 1.82) is 0 Å². The Kier molecular flexibility index (Phi) is 7.14. The summed E-state index contributed by atoms with van der Waals surface area (Å²) in [6, 6.07) is 13.4. The van der Waals surface area contributed by atoms with Gasteiger partial charge in [-0.2, -0.15) is 13.2 Å². The van der Waals surface area contributed by atoms with Gasteiger partial charge in [-0.25, -0.2) is 4.79 Å². The van der Waals surface area contributed by atoms with E-state index in [4.69, 9.17) is 4.74 Å². The first-order valence-corrected chi connectivity index (χ1v) is 8.40. The SMILES string of the molecule is CCOC(=O)/C=C/c1ccc(NC(=O)/C=C(/c2ccccc2)C(F)(F)F)cc1. The number of benzene rings is 2. The number of halogens is 3. The van der Waals surface area contributed by atoms with Crippen LogP contribution in [-0.2, 0) is 14.3 Å². The average Bonchev–Trinajstić information content (AvgIpc) is 2.65. The zero-order valence-electron chi connectivity index (χ0n) is 15.0. The number of esters is 1. The molecule has 0 atom stereocenters. The molecule has 0 bridgehead atoms. The maximum atomic E-state index is 13.3. The van der Waals surface area contributed by atoms with Crippen molar-refractivity contribution in [3.63, 3.8) is 0 Å². The summed E-state index contributed by atoms with van der Waals surface area (Å²) in [5.74, 6) is -1.38. The van der Waals surface area contributed by atoms with Gasteiger partial charge in [-0.1, -0.05) is 42.5 Å². The lowest BCUT2D eigenvalue weighted by atomic mass is 10.1. The van der Waals surface area contributed by atoms with Gasteiger partial charge in [0.2, 0.25) is 5.91 Å². The van der Waals surface area contributed by atoms with E-state index in [1.165, 1.54) is 48.6 Å². The number of ether oxygens (including phenoxy) is 1. The second-order valence-corrected chi connectivity index (χ2v) is 5.62. The van der Waals surface area contributed by atoms with E-state index >= 15 is 0 Å². The minimum atomic E-state index is -4.67. The van der Waals surface area contributed by atoms with Gasteiger partial charge in [-0.05, 0) is 36.3 Å². The van der Waals surface area contributed by atoms with Crippen molar-refractivity contribution < 1.29 is 27.5 Å². The predicted octanol–water partition coefficient (Wildman–Crippen LogP) is 4.85. The molecule has 0 saturated heterocycles. The number of hydrogen-bond acceptors (Lipinski definition) is 3. The molecule has 0 aliphatic carbocycles. The predicted molar refractivity (Wildman–Crippen MR) is 101 cm³/mol. The molecule has 0 aromatic heterocycles. The number of anilines is 1. The Balaban J connectivity index is 2.11. The zero-order chi connectivity index (χ0) is 20.6. The van der Waals surface area contributed by atoms with Crippen LogP contribution in [0.5, 0.6) is 0 Å². The molecular formula is C21H18F3NO3.